The Morgan fingerprint density at radius 1 is 1.10 bits per heavy atom. The smallest absolute Gasteiger partial charge is 0.293 e. The first-order chi connectivity index (χ1) is 14.8. The average Bonchev–Trinajstić information content (AvgIpc) is 2.98. The van der Waals surface area contributed by atoms with Crippen LogP contribution < -0.4 is 14.2 Å². The quantitative estimate of drug-likeness (QED) is 0.485. The number of hydrogen-bond acceptors (Lipinski definition) is 6. The minimum Gasteiger partial charge on any atom is -0.491 e. The SMILES string of the molecule is CCOc1cc(/C=C2\SC(=O)N(CCOc3cc(C)ccc3C)C2=O)cc(Cl)c1OC. The van der Waals surface area contributed by atoms with Crippen molar-refractivity contribution in [3.63, 3.8) is 0 Å². The highest BCUT2D eigenvalue weighted by Crippen LogP contribution is 2.38. The van der Waals surface area contributed by atoms with Gasteiger partial charge in [-0.05, 0) is 73.5 Å². The summed E-state index contributed by atoms with van der Waals surface area (Å²) in [7, 11) is 1.51. The maximum absolute atomic E-state index is 12.8. The van der Waals surface area contributed by atoms with Crippen molar-refractivity contribution < 1.29 is 23.8 Å². The molecule has 0 atom stereocenters. The highest BCUT2D eigenvalue weighted by atomic mass is 35.5. The summed E-state index contributed by atoms with van der Waals surface area (Å²) in [5.74, 6) is 1.30. The highest BCUT2D eigenvalue weighted by Gasteiger charge is 2.35. The van der Waals surface area contributed by atoms with Crippen LogP contribution in [0.5, 0.6) is 17.2 Å². The summed E-state index contributed by atoms with van der Waals surface area (Å²) in [6.07, 6.45) is 1.63. The first-order valence-corrected chi connectivity index (χ1v) is 11.0. The average molecular weight is 462 g/mol. The molecule has 0 spiro atoms. The van der Waals surface area contributed by atoms with Crippen LogP contribution in [0.4, 0.5) is 4.79 Å². The van der Waals surface area contributed by atoms with E-state index in [0.717, 1.165) is 28.6 Å². The molecule has 0 radical (unpaired) electrons. The summed E-state index contributed by atoms with van der Waals surface area (Å²) in [5, 5.41) is 0.0336. The van der Waals surface area contributed by atoms with Crippen LogP contribution in [-0.4, -0.2) is 42.9 Å². The van der Waals surface area contributed by atoms with Crippen LogP contribution in [0.3, 0.4) is 0 Å². The van der Waals surface area contributed by atoms with Gasteiger partial charge < -0.3 is 14.2 Å². The largest absolute Gasteiger partial charge is 0.491 e. The Kier molecular flexibility index (Phi) is 7.51. The molecule has 0 aliphatic carbocycles. The lowest BCUT2D eigenvalue weighted by atomic mass is 10.1. The molecule has 1 aliphatic rings. The Labute approximate surface area is 191 Å². The molecule has 1 fully saturated rings. The number of hydrogen-bond donors (Lipinski definition) is 0. The zero-order valence-electron chi connectivity index (χ0n) is 17.9. The number of carbonyl (C=O) groups excluding carboxylic acids is 2. The minimum atomic E-state index is -0.357. The van der Waals surface area contributed by atoms with Crippen molar-refractivity contribution in [1.29, 1.82) is 0 Å². The topological polar surface area (TPSA) is 65.1 Å². The standard InChI is InChI=1S/C23H24ClNO5S/c1-5-29-19-12-16(11-17(24)21(19)28-4)13-20-22(26)25(23(27)31-20)8-9-30-18-10-14(2)6-7-15(18)3/h6-7,10-13H,5,8-9H2,1-4H3/b20-13-. The number of amides is 2. The Balaban J connectivity index is 1.72. The number of benzene rings is 2. The van der Waals surface area contributed by atoms with Crippen LogP contribution in [0.15, 0.2) is 35.2 Å². The molecule has 0 saturated carbocycles. The molecule has 6 nitrogen and oxygen atoms in total. The van der Waals surface area contributed by atoms with Crippen molar-refractivity contribution >= 4 is 40.6 Å². The number of nitrogens with zero attached hydrogens (tertiary/aromatic N) is 1. The Bertz CT molecular complexity index is 1040. The van der Waals surface area contributed by atoms with E-state index in [1.807, 2.05) is 39.0 Å². The summed E-state index contributed by atoms with van der Waals surface area (Å²) in [4.78, 5) is 26.7. The van der Waals surface area contributed by atoms with Crippen molar-refractivity contribution in [3.05, 3.63) is 56.9 Å². The van der Waals surface area contributed by atoms with Gasteiger partial charge in [0, 0.05) is 0 Å². The maximum atomic E-state index is 12.8. The first kappa shape index (κ1) is 23.0. The predicted octanol–water partition coefficient (Wildman–Crippen LogP) is 5.48. The molecule has 1 heterocycles. The van der Waals surface area contributed by atoms with Gasteiger partial charge in [0.2, 0.25) is 0 Å². The van der Waals surface area contributed by atoms with Crippen molar-refractivity contribution in [2.45, 2.75) is 20.8 Å². The number of imide groups is 1. The third-order valence-corrected chi connectivity index (χ3v) is 5.81. The van der Waals surface area contributed by atoms with Crippen LogP contribution in [0.2, 0.25) is 5.02 Å². The van der Waals surface area contributed by atoms with Gasteiger partial charge in [-0.2, -0.15) is 0 Å². The van der Waals surface area contributed by atoms with Gasteiger partial charge in [0.15, 0.2) is 11.5 Å². The molecule has 0 unspecified atom stereocenters. The first-order valence-electron chi connectivity index (χ1n) is 9.79. The van der Waals surface area contributed by atoms with Crippen molar-refractivity contribution in [2.24, 2.45) is 0 Å². The van der Waals surface area contributed by atoms with Crippen LogP contribution >= 0.6 is 23.4 Å². The second kappa shape index (κ2) is 10.1. The van der Waals surface area contributed by atoms with Crippen LogP contribution in [0.25, 0.3) is 6.08 Å². The number of aryl methyl sites for hydroxylation is 2. The molecule has 0 bridgehead atoms. The second-order valence-corrected chi connectivity index (χ2v) is 8.32. The molecule has 0 N–H and O–H groups in total. The highest BCUT2D eigenvalue weighted by molar-refractivity contribution is 8.18. The zero-order chi connectivity index (χ0) is 22.5. The fourth-order valence-electron chi connectivity index (χ4n) is 3.09. The van der Waals surface area contributed by atoms with Crippen molar-refractivity contribution in [2.75, 3.05) is 26.9 Å². The van der Waals surface area contributed by atoms with E-state index < -0.39 is 0 Å². The molecular weight excluding hydrogens is 438 g/mol. The van der Waals surface area contributed by atoms with Gasteiger partial charge in [0.05, 0.1) is 30.2 Å². The predicted molar refractivity (Wildman–Crippen MR) is 123 cm³/mol. The van der Waals surface area contributed by atoms with E-state index in [9.17, 15) is 9.59 Å². The monoisotopic (exact) mass is 461 g/mol. The van der Waals surface area contributed by atoms with Gasteiger partial charge in [0.25, 0.3) is 11.1 Å². The molecule has 0 aromatic heterocycles. The van der Waals surface area contributed by atoms with Crippen molar-refractivity contribution in [3.8, 4) is 17.2 Å². The van der Waals surface area contributed by atoms with Gasteiger partial charge in [-0.3, -0.25) is 14.5 Å². The molecule has 2 aromatic rings. The van der Waals surface area contributed by atoms with E-state index in [-0.39, 0.29) is 24.3 Å². The Morgan fingerprint density at radius 2 is 1.87 bits per heavy atom. The summed E-state index contributed by atoms with van der Waals surface area (Å²) in [5.41, 5.74) is 2.73. The van der Waals surface area contributed by atoms with Crippen LogP contribution in [0, 0.1) is 13.8 Å². The lowest BCUT2D eigenvalue weighted by Crippen LogP contribution is -2.32. The number of methoxy groups -OCH3 is 1. The number of halogens is 1. The van der Waals surface area contributed by atoms with Gasteiger partial charge in [-0.25, -0.2) is 0 Å². The summed E-state index contributed by atoms with van der Waals surface area (Å²) in [6.45, 7) is 6.62. The van der Waals surface area contributed by atoms with Gasteiger partial charge in [0.1, 0.15) is 12.4 Å². The summed E-state index contributed by atoms with van der Waals surface area (Å²) >= 11 is 7.17. The molecule has 2 aromatic carbocycles. The third-order valence-electron chi connectivity index (χ3n) is 4.62. The maximum Gasteiger partial charge on any atom is 0.293 e. The van der Waals surface area contributed by atoms with E-state index in [1.165, 1.54) is 12.0 Å². The number of rotatable bonds is 8. The minimum absolute atomic E-state index is 0.170. The lowest BCUT2D eigenvalue weighted by Gasteiger charge is -2.14. The Hall–Kier alpha value is -2.64. The molecule has 2 amide bonds. The van der Waals surface area contributed by atoms with E-state index >= 15 is 0 Å². The molecule has 1 aliphatic heterocycles. The van der Waals surface area contributed by atoms with Crippen LogP contribution in [0.1, 0.15) is 23.6 Å². The van der Waals surface area contributed by atoms with E-state index in [1.54, 1.807) is 18.2 Å². The molecule has 31 heavy (non-hydrogen) atoms. The second-order valence-electron chi connectivity index (χ2n) is 6.92. The van der Waals surface area contributed by atoms with Gasteiger partial charge in [-0.15, -0.1) is 0 Å². The molecule has 164 valence electrons. The fourth-order valence-corrected chi connectivity index (χ4v) is 4.25. The lowest BCUT2D eigenvalue weighted by molar-refractivity contribution is -0.123. The number of carbonyl (C=O) groups is 2. The van der Waals surface area contributed by atoms with E-state index in [4.69, 9.17) is 25.8 Å². The summed E-state index contributed by atoms with van der Waals surface area (Å²) < 4.78 is 16.6. The third kappa shape index (κ3) is 5.35. The van der Waals surface area contributed by atoms with Crippen molar-refractivity contribution in [1.82, 2.24) is 4.90 Å². The summed E-state index contributed by atoms with van der Waals surface area (Å²) in [6, 6.07) is 9.31. The van der Waals surface area contributed by atoms with Gasteiger partial charge in [-0.1, -0.05) is 23.7 Å². The van der Waals surface area contributed by atoms with E-state index in [2.05, 4.69) is 0 Å². The molecule has 3 rings (SSSR count). The molecule has 8 heteroatoms. The van der Waals surface area contributed by atoms with Crippen LogP contribution in [-0.2, 0) is 4.79 Å². The zero-order valence-corrected chi connectivity index (χ0v) is 19.4. The molecular formula is C23H24ClNO5S. The molecule has 1 saturated heterocycles. The Morgan fingerprint density at radius 3 is 2.58 bits per heavy atom. The van der Waals surface area contributed by atoms with Gasteiger partial charge >= 0.3 is 0 Å². The number of thioether (sulfide) groups is 1. The normalized spacial score (nSPS) is 15.0. The van der Waals surface area contributed by atoms with E-state index in [0.29, 0.717) is 33.6 Å². The fraction of sp³-hybridized carbons (Fsp3) is 0.304. The number of ether oxygens (including phenoxy) is 3.